The van der Waals surface area contributed by atoms with E-state index in [2.05, 4.69) is 27.4 Å². The topological polar surface area (TPSA) is 61.9 Å². The lowest BCUT2D eigenvalue weighted by atomic mass is 10.0. The van der Waals surface area contributed by atoms with Crippen molar-refractivity contribution in [2.75, 3.05) is 12.3 Å². The van der Waals surface area contributed by atoms with E-state index < -0.39 is 0 Å². The molecule has 1 aliphatic heterocycles. The molecular weight excluding hydrogens is 332 g/mol. The first-order chi connectivity index (χ1) is 12.2. The van der Waals surface area contributed by atoms with Gasteiger partial charge in [-0.25, -0.2) is 4.98 Å². The zero-order valence-corrected chi connectivity index (χ0v) is 15.5. The zero-order valence-electron chi connectivity index (χ0n) is 14.6. The summed E-state index contributed by atoms with van der Waals surface area (Å²) in [5.74, 6) is 0.613. The predicted molar refractivity (Wildman–Crippen MR) is 100 cm³/mol. The number of aromatic nitrogens is 2. The van der Waals surface area contributed by atoms with Crippen LogP contribution in [0.2, 0.25) is 0 Å². The Balaban J connectivity index is 1.74. The van der Waals surface area contributed by atoms with E-state index in [4.69, 9.17) is 5.26 Å². The van der Waals surface area contributed by atoms with E-state index in [1.165, 1.54) is 18.2 Å². The van der Waals surface area contributed by atoms with Crippen molar-refractivity contribution in [1.29, 1.82) is 5.26 Å². The normalized spacial score (nSPS) is 17.6. The molecule has 5 nitrogen and oxygen atoms in total. The number of nitrogens with zero attached hydrogens (tertiary/aromatic N) is 4. The van der Waals surface area contributed by atoms with Gasteiger partial charge in [-0.1, -0.05) is 30.8 Å². The van der Waals surface area contributed by atoms with Crippen LogP contribution >= 0.6 is 11.8 Å². The van der Waals surface area contributed by atoms with E-state index in [1.54, 1.807) is 0 Å². The van der Waals surface area contributed by atoms with E-state index in [0.717, 1.165) is 42.0 Å². The minimum absolute atomic E-state index is 0.204. The average Bonchev–Trinajstić information content (AvgIpc) is 3.01. The van der Waals surface area contributed by atoms with Gasteiger partial charge in [0.2, 0.25) is 5.91 Å². The third-order valence-corrected chi connectivity index (χ3v) is 5.77. The highest BCUT2D eigenvalue weighted by Crippen LogP contribution is 2.26. The highest BCUT2D eigenvalue weighted by atomic mass is 32.2. The number of aryl methyl sites for hydroxylation is 1. The Kier molecular flexibility index (Phi) is 5.98. The first kappa shape index (κ1) is 17.8. The molecule has 6 heteroatoms. The Bertz CT molecular complexity index is 779. The maximum atomic E-state index is 12.7. The summed E-state index contributed by atoms with van der Waals surface area (Å²) >= 11 is 1.49. The quantitative estimate of drug-likeness (QED) is 0.738. The molecule has 0 N–H and O–H groups in total. The summed E-state index contributed by atoms with van der Waals surface area (Å²) in [5.41, 5.74) is 1.94. The van der Waals surface area contributed by atoms with Gasteiger partial charge in [-0.3, -0.25) is 4.79 Å². The van der Waals surface area contributed by atoms with Crippen molar-refractivity contribution in [3.8, 4) is 6.07 Å². The van der Waals surface area contributed by atoms with Crippen LogP contribution in [-0.4, -0.2) is 38.7 Å². The van der Waals surface area contributed by atoms with Crippen LogP contribution in [-0.2, 0) is 11.3 Å². The Morgan fingerprint density at radius 2 is 2.24 bits per heavy atom. The fourth-order valence-electron chi connectivity index (χ4n) is 3.50. The van der Waals surface area contributed by atoms with Crippen LogP contribution in [0, 0.1) is 11.3 Å². The van der Waals surface area contributed by atoms with E-state index in [9.17, 15) is 4.79 Å². The van der Waals surface area contributed by atoms with Gasteiger partial charge in [0.05, 0.1) is 29.3 Å². The van der Waals surface area contributed by atoms with Gasteiger partial charge in [0.1, 0.15) is 0 Å². The van der Waals surface area contributed by atoms with E-state index in [0.29, 0.717) is 24.8 Å². The van der Waals surface area contributed by atoms with Gasteiger partial charge in [-0.15, -0.1) is 0 Å². The van der Waals surface area contributed by atoms with Crippen LogP contribution in [0.25, 0.3) is 11.0 Å². The summed E-state index contributed by atoms with van der Waals surface area (Å²) in [6.07, 6.45) is 4.91. The Hall–Kier alpha value is -2.00. The van der Waals surface area contributed by atoms with Crippen LogP contribution < -0.4 is 0 Å². The smallest absolute Gasteiger partial charge is 0.233 e. The molecule has 25 heavy (non-hydrogen) atoms. The SMILES string of the molecule is CC[C@@H]1CCCCN1C(=O)CSc1nc2ccccc2n1CCC#N. The largest absolute Gasteiger partial charge is 0.339 e. The first-order valence-corrected chi connectivity index (χ1v) is 9.97. The molecule has 3 rings (SSSR count). The van der Waals surface area contributed by atoms with E-state index in [-0.39, 0.29) is 5.91 Å². The molecule has 0 bridgehead atoms. The molecule has 1 atom stereocenters. The van der Waals surface area contributed by atoms with Crippen LogP contribution in [0.5, 0.6) is 0 Å². The van der Waals surface area contributed by atoms with Gasteiger partial charge in [-0.05, 0) is 37.8 Å². The minimum atomic E-state index is 0.204. The summed E-state index contributed by atoms with van der Waals surface area (Å²) in [7, 11) is 0. The molecule has 2 aromatic rings. The van der Waals surface area contributed by atoms with Crippen molar-refractivity contribution in [2.45, 2.75) is 56.8 Å². The number of fused-ring (bicyclic) bond motifs is 1. The van der Waals surface area contributed by atoms with Gasteiger partial charge in [0.25, 0.3) is 0 Å². The molecular formula is C19H24N4OS. The molecule has 0 radical (unpaired) electrons. The lowest BCUT2D eigenvalue weighted by Crippen LogP contribution is -2.44. The first-order valence-electron chi connectivity index (χ1n) is 8.99. The molecule has 0 aliphatic carbocycles. The molecule has 1 aromatic carbocycles. The molecule has 2 heterocycles. The summed E-state index contributed by atoms with van der Waals surface area (Å²) in [4.78, 5) is 19.4. The Morgan fingerprint density at radius 3 is 3.04 bits per heavy atom. The summed E-state index contributed by atoms with van der Waals surface area (Å²) in [5, 5.41) is 9.75. The van der Waals surface area contributed by atoms with Crippen molar-refractivity contribution in [1.82, 2.24) is 14.5 Å². The van der Waals surface area contributed by atoms with Gasteiger partial charge >= 0.3 is 0 Å². The third kappa shape index (κ3) is 3.98. The fraction of sp³-hybridized carbons (Fsp3) is 0.526. The van der Waals surface area contributed by atoms with Gasteiger partial charge < -0.3 is 9.47 Å². The van der Waals surface area contributed by atoms with Crippen molar-refractivity contribution in [3.05, 3.63) is 24.3 Å². The number of benzene rings is 1. The van der Waals surface area contributed by atoms with E-state index in [1.807, 2.05) is 24.3 Å². The number of nitriles is 1. The number of carbonyl (C=O) groups excluding carboxylic acids is 1. The highest BCUT2D eigenvalue weighted by molar-refractivity contribution is 7.99. The number of likely N-dealkylation sites (tertiary alicyclic amines) is 1. The number of piperidine rings is 1. The van der Waals surface area contributed by atoms with E-state index >= 15 is 0 Å². The molecule has 1 aliphatic rings. The number of hydrogen-bond acceptors (Lipinski definition) is 4. The zero-order chi connectivity index (χ0) is 17.6. The lowest BCUT2D eigenvalue weighted by molar-refractivity contribution is -0.132. The lowest BCUT2D eigenvalue weighted by Gasteiger charge is -2.35. The summed E-state index contributed by atoms with van der Waals surface area (Å²) < 4.78 is 2.06. The molecule has 132 valence electrons. The number of imidazole rings is 1. The fourth-order valence-corrected chi connectivity index (χ4v) is 4.43. The van der Waals surface area contributed by atoms with Crippen LogP contribution in [0.1, 0.15) is 39.0 Å². The molecule has 0 saturated carbocycles. The van der Waals surface area contributed by atoms with Gasteiger partial charge in [0.15, 0.2) is 5.16 Å². The van der Waals surface area contributed by atoms with Crippen LogP contribution in [0.3, 0.4) is 0 Å². The van der Waals surface area contributed by atoms with Gasteiger partial charge in [0, 0.05) is 19.1 Å². The number of rotatable bonds is 6. The number of carbonyl (C=O) groups is 1. The molecule has 0 unspecified atom stereocenters. The molecule has 1 saturated heterocycles. The predicted octanol–water partition coefficient (Wildman–Crippen LogP) is 3.83. The molecule has 1 aromatic heterocycles. The van der Waals surface area contributed by atoms with Crippen molar-refractivity contribution in [3.63, 3.8) is 0 Å². The number of amides is 1. The maximum Gasteiger partial charge on any atom is 0.233 e. The highest BCUT2D eigenvalue weighted by Gasteiger charge is 2.25. The Morgan fingerprint density at radius 1 is 1.40 bits per heavy atom. The van der Waals surface area contributed by atoms with Gasteiger partial charge in [-0.2, -0.15) is 5.26 Å². The second-order valence-electron chi connectivity index (χ2n) is 6.38. The minimum Gasteiger partial charge on any atom is -0.339 e. The van der Waals surface area contributed by atoms with Crippen molar-refractivity contribution < 1.29 is 4.79 Å². The van der Waals surface area contributed by atoms with Crippen molar-refractivity contribution in [2.24, 2.45) is 0 Å². The van der Waals surface area contributed by atoms with Crippen LogP contribution in [0.15, 0.2) is 29.4 Å². The van der Waals surface area contributed by atoms with Crippen LogP contribution in [0.4, 0.5) is 0 Å². The standard InChI is InChI=1S/C19H24N4OS/c1-2-15-8-5-6-12-22(15)18(24)14-25-19-21-16-9-3-4-10-17(16)23(19)13-7-11-20/h3-4,9-10,15H,2,5-8,12-14H2,1H3/t15-/m1/s1. The third-order valence-electron chi connectivity index (χ3n) is 4.81. The Labute approximate surface area is 153 Å². The second-order valence-corrected chi connectivity index (χ2v) is 7.32. The summed E-state index contributed by atoms with van der Waals surface area (Å²) in [6.45, 7) is 3.64. The monoisotopic (exact) mass is 356 g/mol. The number of hydrogen-bond donors (Lipinski definition) is 0. The maximum absolute atomic E-state index is 12.7. The number of thioether (sulfide) groups is 1. The molecule has 1 amide bonds. The molecule has 1 fully saturated rings. The summed E-state index contributed by atoms with van der Waals surface area (Å²) in [6, 6.07) is 10.5. The second kappa shape index (κ2) is 8.39. The average molecular weight is 356 g/mol. The number of para-hydroxylation sites is 2. The van der Waals surface area contributed by atoms with Crippen molar-refractivity contribution >= 4 is 28.7 Å². The molecule has 0 spiro atoms.